The van der Waals surface area contributed by atoms with Gasteiger partial charge in [0.2, 0.25) is 0 Å². The van der Waals surface area contributed by atoms with E-state index in [0.717, 1.165) is 16.5 Å². The molecule has 3 N–H and O–H groups in total. The van der Waals surface area contributed by atoms with Gasteiger partial charge < -0.3 is 11.1 Å². The molecular weight excluding hydrogens is 211 g/mol. The molecule has 0 aliphatic carbocycles. The highest BCUT2D eigenvalue weighted by atomic mass is 32.1. The average Bonchev–Trinajstić information content (AvgIpc) is 2.18. The fourth-order valence-corrected chi connectivity index (χ4v) is 1.60. The highest BCUT2D eigenvalue weighted by Crippen LogP contribution is 2.23. The van der Waals surface area contributed by atoms with Gasteiger partial charge in [-0.1, -0.05) is 18.2 Å². The van der Waals surface area contributed by atoms with Crippen LogP contribution in [0.1, 0.15) is 0 Å². The van der Waals surface area contributed by atoms with Gasteiger partial charge in [-0.25, -0.2) is 4.39 Å². The summed E-state index contributed by atoms with van der Waals surface area (Å²) < 4.78 is 13.1. The number of anilines is 1. The number of fused-ring (bicyclic) bond motifs is 1. The zero-order chi connectivity index (χ0) is 10.8. The van der Waals surface area contributed by atoms with Crippen LogP contribution in [0, 0.1) is 5.82 Å². The normalized spacial score (nSPS) is 10.2. The van der Waals surface area contributed by atoms with Crippen molar-refractivity contribution in [3.05, 3.63) is 42.2 Å². The second kappa shape index (κ2) is 3.82. The summed E-state index contributed by atoms with van der Waals surface area (Å²) in [4.78, 5) is 0. The average molecular weight is 220 g/mol. The van der Waals surface area contributed by atoms with Crippen molar-refractivity contribution in [1.29, 1.82) is 0 Å². The molecule has 4 heteroatoms. The standard InChI is InChI=1S/C11H9FN2S/c12-8-5-4-7-2-1-3-10(9(7)6-8)14-11(13)15/h1-6H,(H3,13,14,15). The minimum Gasteiger partial charge on any atom is -0.376 e. The highest BCUT2D eigenvalue weighted by molar-refractivity contribution is 7.80. The van der Waals surface area contributed by atoms with Crippen LogP contribution in [-0.4, -0.2) is 5.11 Å². The molecule has 2 nitrogen and oxygen atoms in total. The van der Waals surface area contributed by atoms with E-state index in [1.165, 1.54) is 12.1 Å². The van der Waals surface area contributed by atoms with Crippen molar-refractivity contribution in [2.24, 2.45) is 5.73 Å². The Bertz CT molecular complexity index is 525. The quantitative estimate of drug-likeness (QED) is 0.725. The van der Waals surface area contributed by atoms with E-state index in [-0.39, 0.29) is 10.9 Å². The predicted octanol–water partition coefficient (Wildman–Crippen LogP) is 2.63. The van der Waals surface area contributed by atoms with Gasteiger partial charge in [-0.2, -0.15) is 0 Å². The molecule has 0 heterocycles. The monoisotopic (exact) mass is 220 g/mol. The molecule has 0 aromatic heterocycles. The molecule has 0 fully saturated rings. The van der Waals surface area contributed by atoms with Gasteiger partial charge in [-0.05, 0) is 35.8 Å². The third-order valence-electron chi connectivity index (χ3n) is 2.10. The van der Waals surface area contributed by atoms with Crippen LogP contribution in [0.5, 0.6) is 0 Å². The number of rotatable bonds is 1. The molecule has 2 rings (SSSR count). The Balaban J connectivity index is 2.63. The van der Waals surface area contributed by atoms with Crippen molar-refractivity contribution < 1.29 is 4.39 Å². The van der Waals surface area contributed by atoms with Gasteiger partial charge in [-0.15, -0.1) is 0 Å². The Morgan fingerprint density at radius 3 is 2.80 bits per heavy atom. The Hall–Kier alpha value is -1.68. The van der Waals surface area contributed by atoms with Crippen molar-refractivity contribution in [2.75, 3.05) is 5.32 Å². The van der Waals surface area contributed by atoms with Crippen LogP contribution in [0.3, 0.4) is 0 Å². The summed E-state index contributed by atoms with van der Waals surface area (Å²) >= 11 is 4.75. The molecule has 0 bridgehead atoms. The summed E-state index contributed by atoms with van der Waals surface area (Å²) in [6.07, 6.45) is 0. The van der Waals surface area contributed by atoms with Crippen LogP contribution in [0.4, 0.5) is 10.1 Å². The molecule has 0 saturated carbocycles. The summed E-state index contributed by atoms with van der Waals surface area (Å²) in [5.74, 6) is -0.278. The fourth-order valence-electron chi connectivity index (χ4n) is 1.49. The highest BCUT2D eigenvalue weighted by Gasteiger charge is 2.02. The Labute approximate surface area is 91.9 Å². The second-order valence-electron chi connectivity index (χ2n) is 3.16. The van der Waals surface area contributed by atoms with Crippen LogP contribution in [0.25, 0.3) is 10.8 Å². The molecule has 0 spiro atoms. The van der Waals surface area contributed by atoms with E-state index in [4.69, 9.17) is 18.0 Å². The number of halogens is 1. The lowest BCUT2D eigenvalue weighted by Crippen LogP contribution is -2.18. The summed E-state index contributed by atoms with van der Waals surface area (Å²) in [7, 11) is 0. The van der Waals surface area contributed by atoms with Gasteiger partial charge in [0.15, 0.2) is 5.11 Å². The van der Waals surface area contributed by atoms with Gasteiger partial charge in [0.25, 0.3) is 0 Å². The van der Waals surface area contributed by atoms with Crippen molar-refractivity contribution in [1.82, 2.24) is 0 Å². The maximum Gasteiger partial charge on any atom is 0.168 e. The summed E-state index contributed by atoms with van der Waals surface area (Å²) in [6, 6.07) is 10.2. The molecular formula is C11H9FN2S. The van der Waals surface area contributed by atoms with E-state index in [1.54, 1.807) is 12.1 Å². The maximum absolute atomic E-state index is 13.1. The summed E-state index contributed by atoms with van der Waals surface area (Å²) in [6.45, 7) is 0. The lowest BCUT2D eigenvalue weighted by Gasteiger charge is -2.07. The van der Waals surface area contributed by atoms with E-state index in [0.29, 0.717) is 0 Å². The van der Waals surface area contributed by atoms with Gasteiger partial charge >= 0.3 is 0 Å². The van der Waals surface area contributed by atoms with Crippen molar-refractivity contribution >= 4 is 33.8 Å². The lowest BCUT2D eigenvalue weighted by atomic mass is 10.1. The number of benzene rings is 2. The first-order valence-electron chi connectivity index (χ1n) is 4.41. The molecule has 0 amide bonds. The molecule has 2 aromatic carbocycles. The van der Waals surface area contributed by atoms with Gasteiger partial charge in [0.05, 0.1) is 0 Å². The minimum atomic E-state index is -0.278. The molecule has 2 aromatic rings. The SMILES string of the molecule is NC(=S)Nc1cccc2ccc(F)cc12. The topological polar surface area (TPSA) is 38.0 Å². The van der Waals surface area contributed by atoms with Crippen LogP contribution in [0.2, 0.25) is 0 Å². The van der Waals surface area contributed by atoms with Gasteiger partial charge in [0.1, 0.15) is 5.82 Å². The number of hydrogen-bond donors (Lipinski definition) is 2. The van der Waals surface area contributed by atoms with Crippen molar-refractivity contribution in [2.45, 2.75) is 0 Å². The smallest absolute Gasteiger partial charge is 0.168 e. The Morgan fingerprint density at radius 2 is 2.07 bits per heavy atom. The number of hydrogen-bond acceptors (Lipinski definition) is 1. The van der Waals surface area contributed by atoms with E-state index < -0.39 is 0 Å². The van der Waals surface area contributed by atoms with Gasteiger partial charge in [0, 0.05) is 11.1 Å². The molecule has 0 saturated heterocycles. The Morgan fingerprint density at radius 1 is 1.27 bits per heavy atom. The van der Waals surface area contributed by atoms with E-state index in [2.05, 4.69) is 5.32 Å². The van der Waals surface area contributed by atoms with E-state index in [1.807, 2.05) is 12.1 Å². The van der Waals surface area contributed by atoms with E-state index in [9.17, 15) is 4.39 Å². The first-order chi connectivity index (χ1) is 7.16. The first-order valence-corrected chi connectivity index (χ1v) is 4.82. The number of nitrogens with one attached hydrogen (secondary N) is 1. The minimum absolute atomic E-state index is 0.173. The summed E-state index contributed by atoms with van der Waals surface area (Å²) in [5.41, 5.74) is 6.10. The third-order valence-corrected chi connectivity index (χ3v) is 2.20. The Kier molecular flexibility index (Phi) is 2.51. The summed E-state index contributed by atoms with van der Waals surface area (Å²) in [5, 5.41) is 4.70. The second-order valence-corrected chi connectivity index (χ2v) is 3.60. The van der Waals surface area contributed by atoms with Crippen LogP contribution < -0.4 is 11.1 Å². The number of nitrogens with two attached hydrogens (primary N) is 1. The van der Waals surface area contributed by atoms with Crippen molar-refractivity contribution in [3.8, 4) is 0 Å². The van der Waals surface area contributed by atoms with Crippen LogP contribution in [-0.2, 0) is 0 Å². The molecule has 0 atom stereocenters. The zero-order valence-electron chi connectivity index (χ0n) is 7.83. The van der Waals surface area contributed by atoms with Gasteiger partial charge in [-0.3, -0.25) is 0 Å². The largest absolute Gasteiger partial charge is 0.376 e. The van der Waals surface area contributed by atoms with E-state index >= 15 is 0 Å². The first kappa shape index (κ1) is 9.86. The van der Waals surface area contributed by atoms with Crippen LogP contribution >= 0.6 is 12.2 Å². The third kappa shape index (κ3) is 2.05. The fraction of sp³-hybridized carbons (Fsp3) is 0. The molecule has 0 aliphatic heterocycles. The van der Waals surface area contributed by atoms with Crippen molar-refractivity contribution in [3.63, 3.8) is 0 Å². The maximum atomic E-state index is 13.1. The zero-order valence-corrected chi connectivity index (χ0v) is 8.64. The predicted molar refractivity (Wildman–Crippen MR) is 64.3 cm³/mol. The number of thiocarbonyl (C=S) groups is 1. The van der Waals surface area contributed by atoms with Crippen LogP contribution in [0.15, 0.2) is 36.4 Å². The lowest BCUT2D eigenvalue weighted by molar-refractivity contribution is 0.630. The molecule has 0 radical (unpaired) electrons. The molecule has 0 unspecified atom stereocenters. The molecule has 15 heavy (non-hydrogen) atoms. The molecule has 0 aliphatic rings. The molecule has 76 valence electrons.